The van der Waals surface area contributed by atoms with Crippen LogP contribution in [0.2, 0.25) is 0 Å². The van der Waals surface area contributed by atoms with Gasteiger partial charge in [0.25, 0.3) is 5.91 Å². The molecule has 1 saturated heterocycles. The average molecular weight is 356 g/mol. The van der Waals surface area contributed by atoms with Crippen LogP contribution < -0.4 is 15.1 Å². The molecule has 1 aliphatic heterocycles. The second-order valence-corrected chi connectivity index (χ2v) is 7.60. The van der Waals surface area contributed by atoms with Crippen LogP contribution in [-0.4, -0.2) is 38.1 Å². The third-order valence-electron chi connectivity index (χ3n) is 4.87. The highest BCUT2D eigenvalue weighted by Gasteiger charge is 2.31. The summed E-state index contributed by atoms with van der Waals surface area (Å²) >= 11 is 1.82. The molecule has 1 amide bonds. The lowest BCUT2D eigenvalue weighted by Gasteiger charge is -2.32. The molecule has 1 aromatic carbocycles. The maximum absolute atomic E-state index is 12.5. The fourth-order valence-electron chi connectivity index (χ4n) is 3.30. The van der Waals surface area contributed by atoms with Crippen molar-refractivity contribution in [1.82, 2.24) is 0 Å². The first kappa shape index (κ1) is 17.6. The number of nitrogens with one attached hydrogen (secondary N) is 3. The Morgan fingerprint density at radius 2 is 2.08 bits per heavy atom. The standard InChI is InChI=1S/C19H22N4OS/c1-15(19(24)21-17-5-2-4-16(12-17)13-20)23-9-7-22(8-10-23)14-18-6-3-11-25-18/h2-6,11-12,15H,7-10,14H2,1H3,(H,21,24)/p+2/t15-/m1/s1. The van der Waals surface area contributed by atoms with Gasteiger partial charge in [-0.15, -0.1) is 11.3 Å². The molecular formula is C19H24N4OS+2. The van der Waals surface area contributed by atoms with Crippen LogP contribution >= 0.6 is 11.3 Å². The predicted octanol–water partition coefficient (Wildman–Crippen LogP) is -0.0696. The number of piperazine rings is 1. The van der Waals surface area contributed by atoms with E-state index in [1.165, 1.54) is 9.78 Å². The van der Waals surface area contributed by atoms with Gasteiger partial charge in [-0.1, -0.05) is 12.1 Å². The Morgan fingerprint density at radius 1 is 1.28 bits per heavy atom. The minimum Gasteiger partial charge on any atom is -0.321 e. The van der Waals surface area contributed by atoms with Gasteiger partial charge in [0.05, 0.1) is 16.5 Å². The minimum absolute atomic E-state index is 0.0202. The van der Waals surface area contributed by atoms with E-state index < -0.39 is 0 Å². The van der Waals surface area contributed by atoms with Gasteiger partial charge in [-0.2, -0.15) is 5.26 Å². The first-order chi connectivity index (χ1) is 12.2. The summed E-state index contributed by atoms with van der Waals surface area (Å²) < 4.78 is 0. The Morgan fingerprint density at radius 3 is 2.76 bits per heavy atom. The Hall–Kier alpha value is -2.20. The predicted molar refractivity (Wildman–Crippen MR) is 98.7 cm³/mol. The van der Waals surface area contributed by atoms with Crippen molar-refractivity contribution >= 4 is 22.9 Å². The van der Waals surface area contributed by atoms with E-state index in [1.807, 2.05) is 24.3 Å². The molecule has 6 heteroatoms. The van der Waals surface area contributed by atoms with Crippen molar-refractivity contribution in [3.05, 3.63) is 52.2 Å². The summed E-state index contributed by atoms with van der Waals surface area (Å²) in [6.45, 7) is 7.28. The third kappa shape index (κ3) is 4.67. The third-order valence-corrected chi connectivity index (χ3v) is 5.74. The van der Waals surface area contributed by atoms with Gasteiger partial charge >= 0.3 is 0 Å². The van der Waals surface area contributed by atoms with E-state index >= 15 is 0 Å². The van der Waals surface area contributed by atoms with E-state index in [-0.39, 0.29) is 11.9 Å². The quantitative estimate of drug-likeness (QED) is 0.702. The molecule has 2 heterocycles. The number of rotatable bonds is 5. The summed E-state index contributed by atoms with van der Waals surface area (Å²) in [6, 6.07) is 13.4. The number of benzene rings is 1. The lowest BCUT2D eigenvalue weighted by Crippen LogP contribution is -3.29. The zero-order valence-corrected chi connectivity index (χ0v) is 15.2. The number of hydrogen-bond acceptors (Lipinski definition) is 3. The van der Waals surface area contributed by atoms with Gasteiger partial charge in [0, 0.05) is 5.69 Å². The first-order valence-electron chi connectivity index (χ1n) is 8.67. The molecule has 0 aliphatic carbocycles. The molecule has 25 heavy (non-hydrogen) atoms. The number of nitrogens with zero attached hydrogens (tertiary/aromatic N) is 1. The molecule has 1 aliphatic rings. The molecule has 1 fully saturated rings. The van der Waals surface area contributed by atoms with Gasteiger partial charge in [0.2, 0.25) is 0 Å². The molecule has 2 aromatic rings. The van der Waals surface area contributed by atoms with Gasteiger partial charge in [0.1, 0.15) is 32.7 Å². The van der Waals surface area contributed by atoms with Crippen molar-refractivity contribution in [2.45, 2.75) is 19.5 Å². The summed E-state index contributed by atoms with van der Waals surface area (Å²) in [6.07, 6.45) is 0. The summed E-state index contributed by atoms with van der Waals surface area (Å²) in [5, 5.41) is 14.0. The molecule has 0 radical (unpaired) electrons. The second-order valence-electron chi connectivity index (χ2n) is 6.57. The van der Waals surface area contributed by atoms with Crippen LogP contribution in [0.1, 0.15) is 17.4 Å². The molecule has 1 aromatic heterocycles. The van der Waals surface area contributed by atoms with Gasteiger partial charge in [-0.3, -0.25) is 4.79 Å². The summed E-state index contributed by atoms with van der Waals surface area (Å²) in [7, 11) is 0. The fraction of sp³-hybridized carbons (Fsp3) is 0.368. The number of thiophene rings is 1. The highest BCUT2D eigenvalue weighted by molar-refractivity contribution is 7.09. The SMILES string of the molecule is C[C@H](C(=O)Nc1cccc(C#N)c1)[NH+]1CC[NH+](Cc2cccs2)CC1. The Labute approximate surface area is 152 Å². The molecule has 0 saturated carbocycles. The number of carbonyl (C=O) groups excluding carboxylic acids is 1. The maximum atomic E-state index is 12.5. The largest absolute Gasteiger partial charge is 0.321 e. The molecular weight excluding hydrogens is 332 g/mol. The maximum Gasteiger partial charge on any atom is 0.282 e. The Balaban J connectivity index is 1.50. The monoisotopic (exact) mass is 356 g/mol. The highest BCUT2D eigenvalue weighted by Crippen LogP contribution is 2.09. The Kier molecular flexibility index (Phi) is 5.82. The van der Waals surface area contributed by atoms with Gasteiger partial charge in [-0.05, 0) is 36.6 Å². The van der Waals surface area contributed by atoms with E-state index in [0.717, 1.165) is 32.7 Å². The lowest BCUT2D eigenvalue weighted by atomic mass is 10.2. The zero-order chi connectivity index (χ0) is 17.6. The normalized spacial score (nSPS) is 21.3. The van der Waals surface area contributed by atoms with Crippen molar-refractivity contribution < 1.29 is 14.6 Å². The van der Waals surface area contributed by atoms with E-state index in [2.05, 4.69) is 28.9 Å². The van der Waals surface area contributed by atoms with Crippen LogP contribution in [0, 0.1) is 11.3 Å². The van der Waals surface area contributed by atoms with Crippen molar-refractivity contribution in [3.63, 3.8) is 0 Å². The van der Waals surface area contributed by atoms with Crippen LogP contribution in [0.5, 0.6) is 0 Å². The van der Waals surface area contributed by atoms with E-state index in [1.54, 1.807) is 23.1 Å². The molecule has 1 atom stereocenters. The second kappa shape index (κ2) is 8.26. The van der Waals surface area contributed by atoms with Crippen molar-refractivity contribution in [3.8, 4) is 6.07 Å². The van der Waals surface area contributed by atoms with Crippen molar-refractivity contribution in [2.75, 3.05) is 31.5 Å². The summed E-state index contributed by atoms with van der Waals surface area (Å²) in [4.78, 5) is 16.9. The Bertz CT molecular complexity index is 745. The molecule has 130 valence electrons. The number of quaternary nitrogens is 2. The van der Waals surface area contributed by atoms with Crippen LogP contribution in [-0.2, 0) is 11.3 Å². The molecule has 0 bridgehead atoms. The zero-order valence-electron chi connectivity index (χ0n) is 14.4. The number of nitriles is 1. The van der Waals surface area contributed by atoms with Gasteiger partial charge in [0.15, 0.2) is 6.04 Å². The summed E-state index contributed by atoms with van der Waals surface area (Å²) in [5.74, 6) is 0.0202. The molecule has 3 rings (SSSR count). The van der Waals surface area contributed by atoms with Gasteiger partial charge < -0.3 is 15.1 Å². The molecule has 0 unspecified atom stereocenters. The fourth-order valence-corrected chi connectivity index (χ4v) is 4.07. The number of amides is 1. The van der Waals surface area contributed by atoms with Crippen molar-refractivity contribution in [1.29, 1.82) is 5.26 Å². The van der Waals surface area contributed by atoms with Gasteiger partial charge in [-0.25, -0.2) is 0 Å². The molecule has 5 nitrogen and oxygen atoms in total. The number of anilines is 1. The number of hydrogen-bond donors (Lipinski definition) is 3. The van der Waals surface area contributed by atoms with Crippen LogP contribution in [0.3, 0.4) is 0 Å². The molecule has 0 spiro atoms. The van der Waals surface area contributed by atoms with E-state index in [4.69, 9.17) is 5.26 Å². The minimum atomic E-state index is -0.0889. The number of carbonyl (C=O) groups is 1. The lowest BCUT2D eigenvalue weighted by molar-refractivity contribution is -1.02. The highest BCUT2D eigenvalue weighted by atomic mass is 32.1. The van der Waals surface area contributed by atoms with E-state index in [0.29, 0.717) is 11.3 Å². The van der Waals surface area contributed by atoms with Crippen LogP contribution in [0.25, 0.3) is 0 Å². The molecule has 3 N–H and O–H groups in total. The average Bonchev–Trinajstić information content (AvgIpc) is 3.15. The first-order valence-corrected chi connectivity index (χ1v) is 9.55. The smallest absolute Gasteiger partial charge is 0.282 e. The van der Waals surface area contributed by atoms with Crippen LogP contribution in [0.15, 0.2) is 41.8 Å². The topological polar surface area (TPSA) is 61.8 Å². The van der Waals surface area contributed by atoms with E-state index in [9.17, 15) is 4.79 Å². The van der Waals surface area contributed by atoms with Crippen molar-refractivity contribution in [2.24, 2.45) is 0 Å². The summed E-state index contributed by atoms with van der Waals surface area (Å²) in [5.41, 5.74) is 1.25. The van der Waals surface area contributed by atoms with Crippen LogP contribution in [0.4, 0.5) is 5.69 Å².